The second kappa shape index (κ2) is 4.97. The Labute approximate surface area is 120 Å². The first-order valence-corrected chi connectivity index (χ1v) is 7.51. The molecule has 20 heavy (non-hydrogen) atoms. The van der Waals surface area contributed by atoms with Crippen LogP contribution in [0.15, 0.2) is 24.3 Å². The molecule has 0 spiro atoms. The van der Waals surface area contributed by atoms with Crippen molar-refractivity contribution in [3.8, 4) is 0 Å². The van der Waals surface area contributed by atoms with E-state index in [0.29, 0.717) is 0 Å². The number of rotatable bonds is 2. The van der Waals surface area contributed by atoms with Gasteiger partial charge in [0.1, 0.15) is 0 Å². The first kappa shape index (κ1) is 13.2. The number of aryl methyl sites for hydroxylation is 1. The van der Waals surface area contributed by atoms with Crippen molar-refractivity contribution >= 4 is 5.69 Å². The van der Waals surface area contributed by atoms with Crippen molar-refractivity contribution in [2.24, 2.45) is 0 Å². The lowest BCUT2D eigenvalue weighted by Crippen LogP contribution is -2.21. The predicted octanol–water partition coefficient (Wildman–Crippen LogP) is 3.59. The summed E-state index contributed by atoms with van der Waals surface area (Å²) in [6, 6.07) is 8.19. The largest absolute Gasteiger partial charge is 0.399 e. The summed E-state index contributed by atoms with van der Waals surface area (Å²) in [6.45, 7) is 4.50. The Balaban J connectivity index is 2.03. The molecule has 1 aliphatic rings. The van der Waals surface area contributed by atoms with Crippen LogP contribution >= 0.6 is 0 Å². The molecule has 106 valence electrons. The van der Waals surface area contributed by atoms with Gasteiger partial charge in [-0.05, 0) is 48.9 Å². The topological polar surface area (TPSA) is 54.7 Å². The molecule has 1 heterocycles. The van der Waals surface area contributed by atoms with Crippen LogP contribution in [0.5, 0.6) is 0 Å². The summed E-state index contributed by atoms with van der Waals surface area (Å²) in [6.07, 6.45) is 6.16. The van der Waals surface area contributed by atoms with E-state index in [1.54, 1.807) is 0 Å². The molecule has 3 N–H and O–H groups in total. The minimum absolute atomic E-state index is 0.0812. The summed E-state index contributed by atoms with van der Waals surface area (Å²) in [5, 5.41) is 7.93. The number of aromatic nitrogens is 2. The highest BCUT2D eigenvalue weighted by Gasteiger charge is 2.30. The Morgan fingerprint density at radius 2 is 1.75 bits per heavy atom. The van der Waals surface area contributed by atoms with Crippen molar-refractivity contribution in [2.45, 2.75) is 51.4 Å². The maximum atomic E-state index is 5.80. The van der Waals surface area contributed by atoms with E-state index in [1.807, 2.05) is 12.1 Å². The Bertz CT molecular complexity index is 593. The molecule has 0 saturated carbocycles. The van der Waals surface area contributed by atoms with E-state index in [2.05, 4.69) is 36.2 Å². The summed E-state index contributed by atoms with van der Waals surface area (Å²) >= 11 is 0. The maximum absolute atomic E-state index is 5.80. The van der Waals surface area contributed by atoms with E-state index in [-0.39, 0.29) is 5.41 Å². The van der Waals surface area contributed by atoms with Gasteiger partial charge in [-0.15, -0.1) is 0 Å². The smallest absolute Gasteiger partial charge is 0.0756 e. The number of nitrogen functional groups attached to an aromatic ring is 1. The van der Waals surface area contributed by atoms with E-state index >= 15 is 0 Å². The van der Waals surface area contributed by atoms with Crippen LogP contribution in [-0.4, -0.2) is 10.2 Å². The third kappa shape index (κ3) is 2.21. The SMILES string of the molecule is CC(C)(c1ccc(N)cc1)c1n[nH]c2c1CCCCC2. The molecule has 1 aromatic heterocycles. The van der Waals surface area contributed by atoms with Gasteiger partial charge in [0, 0.05) is 16.8 Å². The van der Waals surface area contributed by atoms with Crippen molar-refractivity contribution in [3.63, 3.8) is 0 Å². The molecule has 0 amide bonds. The molecule has 0 unspecified atom stereocenters. The number of H-pyrrole nitrogens is 1. The average molecular weight is 269 g/mol. The van der Waals surface area contributed by atoms with Crippen LogP contribution in [-0.2, 0) is 18.3 Å². The van der Waals surface area contributed by atoms with Gasteiger partial charge in [-0.2, -0.15) is 5.10 Å². The van der Waals surface area contributed by atoms with Gasteiger partial charge in [-0.3, -0.25) is 5.10 Å². The lowest BCUT2D eigenvalue weighted by Gasteiger charge is -2.25. The summed E-state index contributed by atoms with van der Waals surface area (Å²) < 4.78 is 0. The van der Waals surface area contributed by atoms with Crippen molar-refractivity contribution in [1.82, 2.24) is 10.2 Å². The third-order valence-electron chi connectivity index (χ3n) is 4.53. The molecule has 0 saturated heterocycles. The zero-order valence-corrected chi connectivity index (χ0v) is 12.4. The number of aromatic amines is 1. The number of benzene rings is 1. The first-order chi connectivity index (χ1) is 9.59. The van der Waals surface area contributed by atoms with Gasteiger partial charge in [0.15, 0.2) is 0 Å². The van der Waals surface area contributed by atoms with Gasteiger partial charge in [0.2, 0.25) is 0 Å². The van der Waals surface area contributed by atoms with Gasteiger partial charge in [-0.1, -0.05) is 32.4 Å². The van der Waals surface area contributed by atoms with Crippen LogP contribution in [0.25, 0.3) is 0 Å². The molecule has 0 fully saturated rings. The average Bonchev–Trinajstić information content (AvgIpc) is 2.70. The molecule has 3 heteroatoms. The summed E-state index contributed by atoms with van der Waals surface area (Å²) in [5.74, 6) is 0. The number of nitrogens with two attached hydrogens (primary N) is 1. The number of hydrogen-bond acceptors (Lipinski definition) is 2. The molecule has 3 nitrogen and oxygen atoms in total. The second-order valence-electron chi connectivity index (χ2n) is 6.34. The Hall–Kier alpha value is -1.77. The Morgan fingerprint density at radius 1 is 1.05 bits per heavy atom. The van der Waals surface area contributed by atoms with Gasteiger partial charge < -0.3 is 5.73 Å². The van der Waals surface area contributed by atoms with Crippen molar-refractivity contribution in [1.29, 1.82) is 0 Å². The molecular formula is C17H23N3. The maximum Gasteiger partial charge on any atom is 0.0756 e. The fourth-order valence-corrected chi connectivity index (χ4v) is 3.21. The normalized spacial score (nSPS) is 15.7. The first-order valence-electron chi connectivity index (χ1n) is 7.51. The highest BCUT2D eigenvalue weighted by atomic mass is 15.1. The molecular weight excluding hydrogens is 246 g/mol. The van der Waals surface area contributed by atoms with E-state index < -0.39 is 0 Å². The molecule has 0 radical (unpaired) electrons. The highest BCUT2D eigenvalue weighted by Crippen LogP contribution is 2.35. The highest BCUT2D eigenvalue weighted by molar-refractivity contribution is 5.46. The fourth-order valence-electron chi connectivity index (χ4n) is 3.21. The zero-order chi connectivity index (χ0) is 14.2. The lowest BCUT2D eigenvalue weighted by atomic mass is 9.79. The minimum Gasteiger partial charge on any atom is -0.399 e. The van der Waals surface area contributed by atoms with Crippen LogP contribution in [0.3, 0.4) is 0 Å². The number of nitrogens with one attached hydrogen (secondary N) is 1. The van der Waals surface area contributed by atoms with Crippen LogP contribution in [0.1, 0.15) is 55.6 Å². The molecule has 2 aromatic rings. The third-order valence-corrected chi connectivity index (χ3v) is 4.53. The van der Waals surface area contributed by atoms with E-state index in [1.165, 1.54) is 41.8 Å². The minimum atomic E-state index is -0.0812. The molecule has 0 atom stereocenters. The Morgan fingerprint density at radius 3 is 2.50 bits per heavy atom. The van der Waals surface area contributed by atoms with E-state index in [0.717, 1.165) is 18.5 Å². The monoisotopic (exact) mass is 269 g/mol. The number of hydrogen-bond donors (Lipinski definition) is 2. The lowest BCUT2D eigenvalue weighted by molar-refractivity contribution is 0.600. The number of fused-ring (bicyclic) bond motifs is 1. The van der Waals surface area contributed by atoms with Gasteiger partial charge in [0.25, 0.3) is 0 Å². The number of nitrogens with zero attached hydrogens (tertiary/aromatic N) is 1. The van der Waals surface area contributed by atoms with Gasteiger partial charge >= 0.3 is 0 Å². The van der Waals surface area contributed by atoms with Crippen molar-refractivity contribution < 1.29 is 0 Å². The molecule has 1 aliphatic carbocycles. The number of anilines is 1. The predicted molar refractivity (Wildman–Crippen MR) is 82.8 cm³/mol. The zero-order valence-electron chi connectivity index (χ0n) is 12.4. The van der Waals surface area contributed by atoms with Gasteiger partial charge in [-0.25, -0.2) is 0 Å². The van der Waals surface area contributed by atoms with Crippen LogP contribution in [0.2, 0.25) is 0 Å². The molecule has 1 aromatic carbocycles. The van der Waals surface area contributed by atoms with Crippen LogP contribution in [0.4, 0.5) is 5.69 Å². The summed E-state index contributed by atoms with van der Waals surface area (Å²) in [7, 11) is 0. The molecule has 3 rings (SSSR count). The van der Waals surface area contributed by atoms with Crippen LogP contribution in [0, 0.1) is 0 Å². The van der Waals surface area contributed by atoms with Crippen molar-refractivity contribution in [2.75, 3.05) is 5.73 Å². The van der Waals surface area contributed by atoms with Gasteiger partial charge in [0.05, 0.1) is 5.69 Å². The van der Waals surface area contributed by atoms with E-state index in [9.17, 15) is 0 Å². The quantitative estimate of drug-likeness (QED) is 0.646. The van der Waals surface area contributed by atoms with E-state index in [4.69, 9.17) is 5.73 Å². The van der Waals surface area contributed by atoms with Crippen molar-refractivity contribution in [3.05, 3.63) is 46.8 Å². The summed E-state index contributed by atoms with van der Waals surface area (Å²) in [4.78, 5) is 0. The molecule has 0 aliphatic heterocycles. The standard InChI is InChI=1S/C17H23N3/c1-17(2,12-8-10-13(18)11-9-12)16-14-6-4-3-5-7-15(14)19-20-16/h8-11H,3-7,18H2,1-2H3,(H,19,20). The summed E-state index contributed by atoms with van der Waals surface area (Å²) in [5.41, 5.74) is 11.8. The second-order valence-corrected chi connectivity index (χ2v) is 6.34. The fraction of sp³-hybridized carbons (Fsp3) is 0.471. The Kier molecular flexibility index (Phi) is 3.28. The van der Waals surface area contributed by atoms with Crippen LogP contribution < -0.4 is 5.73 Å². The molecule has 0 bridgehead atoms.